The minimum atomic E-state index is -0.406. The third kappa shape index (κ3) is 8.09. The number of esters is 1. The molecule has 0 spiro atoms. The summed E-state index contributed by atoms with van der Waals surface area (Å²) in [4.78, 5) is 27.2. The number of alkyl halides is 2. The number of methoxy groups -OCH3 is 2. The van der Waals surface area contributed by atoms with Gasteiger partial charge >= 0.3 is 5.97 Å². The van der Waals surface area contributed by atoms with Gasteiger partial charge in [0, 0.05) is 48.2 Å². The molecule has 0 atom stereocenters. The average molecular weight is 645 g/mol. The second kappa shape index (κ2) is 16.1. The fourth-order valence-electron chi connectivity index (χ4n) is 4.67. The highest BCUT2D eigenvalue weighted by Crippen LogP contribution is 2.42. The monoisotopic (exact) mass is 643 g/mol. The lowest BCUT2D eigenvalue weighted by Crippen LogP contribution is -2.27. The van der Waals surface area contributed by atoms with Gasteiger partial charge in [-0.15, -0.1) is 23.2 Å². The van der Waals surface area contributed by atoms with Crippen LogP contribution in [0.3, 0.4) is 0 Å². The zero-order valence-electron chi connectivity index (χ0n) is 24.6. The van der Waals surface area contributed by atoms with E-state index in [0.717, 1.165) is 24.9 Å². The van der Waals surface area contributed by atoms with Crippen LogP contribution in [-0.2, 0) is 4.74 Å². The van der Waals surface area contributed by atoms with E-state index in [1.54, 1.807) is 36.4 Å². The molecule has 1 N–H and O–H groups in total. The first-order valence-corrected chi connectivity index (χ1v) is 15.3. The number of phenolic OH excluding ortho intramolecular Hbond substituents is 1. The van der Waals surface area contributed by atoms with Crippen molar-refractivity contribution in [1.29, 1.82) is 0 Å². The summed E-state index contributed by atoms with van der Waals surface area (Å²) in [7, 11) is 2.81. The molecule has 1 aromatic heterocycles. The summed E-state index contributed by atoms with van der Waals surface area (Å²) in [5, 5.41) is 10.5. The number of carbonyl (C=O) groups is 1. The second-order valence-electron chi connectivity index (χ2n) is 9.79. The Kier molecular flexibility index (Phi) is 12.0. The Balaban J connectivity index is 1.22. The van der Waals surface area contributed by atoms with Gasteiger partial charge in [0.05, 0.1) is 33.0 Å². The van der Waals surface area contributed by atoms with Gasteiger partial charge in [-0.05, 0) is 67.8 Å². The van der Waals surface area contributed by atoms with Crippen LogP contribution in [0, 0.1) is 0 Å². The summed E-state index contributed by atoms with van der Waals surface area (Å²) >= 11 is 11.7. The van der Waals surface area contributed by atoms with Crippen LogP contribution in [0.15, 0.2) is 69.9 Å². The van der Waals surface area contributed by atoms with Crippen molar-refractivity contribution in [3.8, 4) is 34.3 Å². The number of phenols is 1. The smallest absolute Gasteiger partial charge is 0.338 e. The Morgan fingerprint density at radius 2 is 1.57 bits per heavy atom. The maximum Gasteiger partial charge on any atom is 0.338 e. The first-order chi connectivity index (χ1) is 21.4. The van der Waals surface area contributed by atoms with Gasteiger partial charge in [-0.25, -0.2) is 4.79 Å². The predicted octanol–water partition coefficient (Wildman–Crippen LogP) is 6.87. The van der Waals surface area contributed by atoms with Crippen molar-refractivity contribution in [1.82, 2.24) is 0 Å². The molecule has 0 aliphatic rings. The lowest BCUT2D eigenvalue weighted by molar-refractivity contribution is 0.0497. The molecule has 0 aliphatic heterocycles. The van der Waals surface area contributed by atoms with Crippen LogP contribution in [0.25, 0.3) is 22.3 Å². The van der Waals surface area contributed by atoms with Crippen molar-refractivity contribution >= 4 is 45.8 Å². The first-order valence-electron chi connectivity index (χ1n) is 14.2. The van der Waals surface area contributed by atoms with E-state index in [2.05, 4.69) is 4.90 Å². The Bertz CT molecular complexity index is 1580. The molecular weight excluding hydrogens is 609 g/mol. The van der Waals surface area contributed by atoms with Gasteiger partial charge in [0.25, 0.3) is 0 Å². The van der Waals surface area contributed by atoms with Gasteiger partial charge in [0.2, 0.25) is 5.75 Å². The van der Waals surface area contributed by atoms with Gasteiger partial charge in [0.1, 0.15) is 22.5 Å². The van der Waals surface area contributed by atoms with Crippen LogP contribution in [0.1, 0.15) is 29.6 Å². The van der Waals surface area contributed by atoms with E-state index >= 15 is 0 Å². The molecule has 3 aromatic carbocycles. The highest BCUT2D eigenvalue weighted by atomic mass is 35.5. The number of nitrogens with zero attached hydrogens (tertiary/aromatic N) is 1. The van der Waals surface area contributed by atoms with Gasteiger partial charge < -0.3 is 33.4 Å². The zero-order chi connectivity index (χ0) is 31.5. The van der Waals surface area contributed by atoms with Crippen molar-refractivity contribution < 1.29 is 33.3 Å². The molecule has 0 aliphatic carbocycles. The SMILES string of the molecule is COc1cc2oc(-c3ccc(OCCCCCOC(=O)c4ccc(N(CCCl)CCCl)cc4)cc3)cc(=O)c2c(O)c1OC. The summed E-state index contributed by atoms with van der Waals surface area (Å²) in [5.41, 5.74) is 1.90. The summed E-state index contributed by atoms with van der Waals surface area (Å²) in [6.07, 6.45) is 2.34. The standard InChI is InChI=1S/C33H35Cl2NO8/c1-40-29-21-28-30(31(38)32(29)41-2)26(37)20-27(44-28)22-8-12-25(13-9-22)42-18-4-3-5-19-43-33(39)23-6-10-24(11-7-23)36(16-14-34)17-15-35/h6-13,20-21,38H,3-5,14-19H2,1-2H3. The topological polar surface area (TPSA) is 108 Å². The van der Waals surface area contributed by atoms with Gasteiger partial charge in [-0.2, -0.15) is 0 Å². The number of anilines is 1. The number of hydrogen-bond acceptors (Lipinski definition) is 9. The largest absolute Gasteiger partial charge is 0.504 e. The van der Waals surface area contributed by atoms with Crippen molar-refractivity contribution in [3.63, 3.8) is 0 Å². The van der Waals surface area contributed by atoms with Gasteiger partial charge in [-0.3, -0.25) is 4.79 Å². The Hall–Kier alpha value is -4.08. The second-order valence-corrected chi connectivity index (χ2v) is 10.5. The highest BCUT2D eigenvalue weighted by molar-refractivity contribution is 6.18. The van der Waals surface area contributed by atoms with Crippen molar-refractivity contribution in [2.45, 2.75) is 19.3 Å². The number of unbranched alkanes of at least 4 members (excludes halogenated alkanes) is 2. The third-order valence-electron chi connectivity index (χ3n) is 6.94. The summed E-state index contributed by atoms with van der Waals surface area (Å²) in [6, 6.07) is 17.3. The number of ether oxygens (including phenoxy) is 4. The maximum absolute atomic E-state index is 12.8. The summed E-state index contributed by atoms with van der Waals surface area (Å²) < 4.78 is 27.6. The number of rotatable bonds is 16. The molecular formula is C33H35Cl2NO8. The number of halogens is 2. The quantitative estimate of drug-likeness (QED) is 0.0794. The molecule has 4 rings (SSSR count). The minimum Gasteiger partial charge on any atom is -0.504 e. The summed E-state index contributed by atoms with van der Waals surface area (Å²) in [6.45, 7) is 2.18. The molecule has 0 amide bonds. The van der Waals surface area contributed by atoms with Crippen molar-refractivity contribution in [2.24, 2.45) is 0 Å². The van der Waals surface area contributed by atoms with E-state index in [-0.39, 0.29) is 34.2 Å². The van der Waals surface area contributed by atoms with Gasteiger partial charge in [-0.1, -0.05) is 0 Å². The molecule has 44 heavy (non-hydrogen) atoms. The van der Waals surface area contributed by atoms with Crippen LogP contribution in [0.5, 0.6) is 23.0 Å². The Morgan fingerprint density at radius 3 is 2.20 bits per heavy atom. The minimum absolute atomic E-state index is 0.0172. The fourth-order valence-corrected chi connectivity index (χ4v) is 5.08. The normalized spacial score (nSPS) is 10.9. The van der Waals surface area contributed by atoms with Crippen LogP contribution in [0.4, 0.5) is 5.69 Å². The average Bonchev–Trinajstić information content (AvgIpc) is 3.04. The molecule has 0 bridgehead atoms. The first kappa shape index (κ1) is 32.8. The molecule has 0 saturated heterocycles. The number of aromatic hydroxyl groups is 1. The van der Waals surface area contributed by atoms with Crippen LogP contribution >= 0.6 is 23.2 Å². The van der Waals surface area contributed by atoms with Crippen LogP contribution in [0.2, 0.25) is 0 Å². The number of hydrogen-bond donors (Lipinski definition) is 1. The van der Waals surface area contributed by atoms with E-state index in [4.69, 9.17) is 46.6 Å². The van der Waals surface area contributed by atoms with E-state index in [1.165, 1.54) is 26.4 Å². The molecule has 11 heteroatoms. The third-order valence-corrected chi connectivity index (χ3v) is 7.28. The number of fused-ring (bicyclic) bond motifs is 1. The molecule has 1 heterocycles. The van der Waals surface area contributed by atoms with Crippen molar-refractivity contribution in [2.75, 3.05) is 57.2 Å². The van der Waals surface area contributed by atoms with Crippen molar-refractivity contribution in [3.05, 3.63) is 76.5 Å². The van der Waals surface area contributed by atoms with E-state index in [1.807, 2.05) is 12.1 Å². The van der Waals surface area contributed by atoms with E-state index < -0.39 is 5.43 Å². The highest BCUT2D eigenvalue weighted by Gasteiger charge is 2.19. The molecule has 0 saturated carbocycles. The molecule has 0 unspecified atom stereocenters. The lowest BCUT2D eigenvalue weighted by Gasteiger charge is -2.22. The maximum atomic E-state index is 12.8. The van der Waals surface area contributed by atoms with Crippen LogP contribution < -0.4 is 24.5 Å². The molecule has 0 radical (unpaired) electrons. The number of benzene rings is 3. The predicted molar refractivity (Wildman–Crippen MR) is 172 cm³/mol. The van der Waals surface area contributed by atoms with Gasteiger partial charge in [0.15, 0.2) is 16.9 Å². The Labute approximate surface area is 265 Å². The zero-order valence-corrected chi connectivity index (χ0v) is 26.2. The molecule has 234 valence electrons. The fraction of sp³-hybridized carbons (Fsp3) is 0.333. The molecule has 9 nitrogen and oxygen atoms in total. The number of carbonyl (C=O) groups excluding carboxylic acids is 1. The lowest BCUT2D eigenvalue weighted by atomic mass is 10.1. The molecule has 4 aromatic rings. The van der Waals surface area contributed by atoms with E-state index in [9.17, 15) is 14.7 Å². The summed E-state index contributed by atoms with van der Waals surface area (Å²) in [5.74, 6) is 1.63. The van der Waals surface area contributed by atoms with E-state index in [0.29, 0.717) is 60.7 Å². The Morgan fingerprint density at radius 1 is 0.886 bits per heavy atom. The molecule has 0 fully saturated rings. The van der Waals surface area contributed by atoms with Crippen LogP contribution in [-0.4, -0.2) is 63.4 Å².